The van der Waals surface area contributed by atoms with Crippen molar-refractivity contribution in [2.45, 2.75) is 26.4 Å². The number of aryl methyl sites for hydroxylation is 2. The Morgan fingerprint density at radius 3 is 2.78 bits per heavy atom. The smallest absolute Gasteiger partial charge is 0.246 e. The van der Waals surface area contributed by atoms with Crippen molar-refractivity contribution in [1.29, 1.82) is 0 Å². The van der Waals surface area contributed by atoms with Gasteiger partial charge in [-0.3, -0.25) is 9.59 Å². The van der Waals surface area contributed by atoms with Crippen LogP contribution in [-0.4, -0.2) is 40.4 Å². The van der Waals surface area contributed by atoms with E-state index in [4.69, 9.17) is 0 Å². The molecule has 2 aromatic rings. The molecular formula is C18H21N3O2. The Bertz CT molecular complexity index is 785. The van der Waals surface area contributed by atoms with Crippen molar-refractivity contribution < 1.29 is 9.59 Å². The highest BCUT2D eigenvalue weighted by Crippen LogP contribution is 2.22. The van der Waals surface area contributed by atoms with Gasteiger partial charge in [-0.25, -0.2) is 0 Å². The summed E-state index contributed by atoms with van der Waals surface area (Å²) in [4.78, 5) is 25.3. The van der Waals surface area contributed by atoms with E-state index < -0.39 is 0 Å². The molecule has 5 nitrogen and oxygen atoms in total. The van der Waals surface area contributed by atoms with E-state index >= 15 is 0 Å². The first-order valence-electron chi connectivity index (χ1n) is 7.74. The zero-order valence-electron chi connectivity index (χ0n) is 13.5. The first-order valence-corrected chi connectivity index (χ1v) is 7.74. The maximum Gasteiger partial charge on any atom is 0.246 e. The molecule has 1 aromatic heterocycles. The summed E-state index contributed by atoms with van der Waals surface area (Å²) in [6, 6.07) is 6.29. The average molecular weight is 311 g/mol. The van der Waals surface area contributed by atoms with Gasteiger partial charge in [-0.1, -0.05) is 18.2 Å². The zero-order chi connectivity index (χ0) is 16.6. The van der Waals surface area contributed by atoms with E-state index in [2.05, 4.69) is 43.9 Å². The maximum atomic E-state index is 12.2. The lowest BCUT2D eigenvalue weighted by atomic mass is 10.1. The van der Waals surface area contributed by atoms with Crippen LogP contribution in [0.15, 0.2) is 37.1 Å². The molecule has 1 saturated heterocycles. The van der Waals surface area contributed by atoms with Crippen LogP contribution in [-0.2, 0) is 16.1 Å². The summed E-state index contributed by atoms with van der Waals surface area (Å²) in [6.07, 6.45) is 3.31. The summed E-state index contributed by atoms with van der Waals surface area (Å²) < 4.78 is 1.98. The van der Waals surface area contributed by atoms with Gasteiger partial charge in [-0.15, -0.1) is 0 Å². The number of hydrogen-bond donors (Lipinski definition) is 1. The molecule has 0 saturated carbocycles. The van der Waals surface area contributed by atoms with Crippen LogP contribution >= 0.6 is 0 Å². The highest BCUT2D eigenvalue weighted by atomic mass is 16.2. The van der Waals surface area contributed by atoms with E-state index in [9.17, 15) is 9.59 Å². The number of carbonyl (C=O) groups is 2. The van der Waals surface area contributed by atoms with Crippen LogP contribution in [0.1, 0.15) is 11.1 Å². The van der Waals surface area contributed by atoms with Gasteiger partial charge in [0, 0.05) is 30.2 Å². The molecule has 3 rings (SSSR count). The second-order valence-electron chi connectivity index (χ2n) is 6.17. The number of likely N-dealkylation sites (tertiary alicyclic amines) is 1. The lowest BCUT2D eigenvalue weighted by Crippen LogP contribution is -2.61. The van der Waals surface area contributed by atoms with Gasteiger partial charge in [0.2, 0.25) is 11.8 Å². The predicted octanol–water partition coefficient (Wildman–Crippen LogP) is 1.77. The summed E-state index contributed by atoms with van der Waals surface area (Å²) in [6.45, 7) is 8.99. The third-order valence-corrected chi connectivity index (χ3v) is 4.28. The summed E-state index contributed by atoms with van der Waals surface area (Å²) in [7, 11) is 0. The van der Waals surface area contributed by atoms with Crippen molar-refractivity contribution in [3.63, 3.8) is 0 Å². The molecule has 0 aliphatic carbocycles. The van der Waals surface area contributed by atoms with Crippen molar-refractivity contribution in [1.82, 2.24) is 14.8 Å². The fraction of sp³-hybridized carbons (Fsp3) is 0.333. The third-order valence-electron chi connectivity index (χ3n) is 4.28. The molecule has 0 bridgehead atoms. The molecule has 1 aliphatic rings. The Kier molecular flexibility index (Phi) is 3.94. The van der Waals surface area contributed by atoms with Crippen LogP contribution < -0.4 is 5.32 Å². The molecule has 0 unspecified atom stereocenters. The van der Waals surface area contributed by atoms with E-state index in [-0.39, 0.29) is 17.9 Å². The van der Waals surface area contributed by atoms with Crippen molar-refractivity contribution >= 4 is 22.7 Å². The molecule has 1 aromatic carbocycles. The standard InChI is InChI=1S/C18H21N3O2/c1-4-18(23)21-9-14(10-21)19-17(22)11-20-8-13(3)15-7-12(2)5-6-16(15)20/h4-8,14H,1,9-11H2,2-3H3,(H,19,22). The van der Waals surface area contributed by atoms with E-state index in [1.165, 1.54) is 22.6 Å². The number of nitrogens with one attached hydrogen (secondary N) is 1. The number of fused-ring (bicyclic) bond motifs is 1. The second kappa shape index (κ2) is 5.91. The molecule has 23 heavy (non-hydrogen) atoms. The van der Waals surface area contributed by atoms with Gasteiger partial charge in [0.25, 0.3) is 0 Å². The molecule has 2 heterocycles. The van der Waals surface area contributed by atoms with E-state index in [1.807, 2.05) is 10.8 Å². The number of hydrogen-bond acceptors (Lipinski definition) is 2. The van der Waals surface area contributed by atoms with Crippen LogP contribution in [0, 0.1) is 13.8 Å². The van der Waals surface area contributed by atoms with Crippen molar-refractivity contribution in [3.05, 3.63) is 48.2 Å². The molecule has 0 atom stereocenters. The van der Waals surface area contributed by atoms with Crippen molar-refractivity contribution in [3.8, 4) is 0 Å². The molecule has 1 aliphatic heterocycles. The maximum absolute atomic E-state index is 12.2. The monoisotopic (exact) mass is 311 g/mol. The van der Waals surface area contributed by atoms with Gasteiger partial charge < -0.3 is 14.8 Å². The number of nitrogens with zero attached hydrogens (tertiary/aromatic N) is 2. The number of benzene rings is 1. The van der Waals surface area contributed by atoms with E-state index in [0.29, 0.717) is 19.6 Å². The lowest BCUT2D eigenvalue weighted by Gasteiger charge is -2.38. The Morgan fingerprint density at radius 2 is 2.09 bits per heavy atom. The predicted molar refractivity (Wildman–Crippen MR) is 90.1 cm³/mol. The minimum atomic E-state index is -0.0853. The van der Waals surface area contributed by atoms with Gasteiger partial charge in [-0.05, 0) is 37.6 Å². The fourth-order valence-corrected chi connectivity index (χ4v) is 3.03. The molecule has 120 valence electrons. The topological polar surface area (TPSA) is 54.3 Å². The van der Waals surface area contributed by atoms with Gasteiger partial charge in [0.15, 0.2) is 0 Å². The minimum absolute atomic E-state index is 0.0295. The summed E-state index contributed by atoms with van der Waals surface area (Å²) in [5, 5.41) is 4.16. The van der Waals surface area contributed by atoms with E-state index in [1.54, 1.807) is 4.90 Å². The highest BCUT2D eigenvalue weighted by molar-refractivity contribution is 5.88. The van der Waals surface area contributed by atoms with Crippen LogP contribution in [0.5, 0.6) is 0 Å². The van der Waals surface area contributed by atoms with Crippen molar-refractivity contribution in [2.75, 3.05) is 13.1 Å². The molecule has 0 spiro atoms. The molecule has 5 heteroatoms. The lowest BCUT2D eigenvalue weighted by molar-refractivity contribution is -0.133. The third kappa shape index (κ3) is 2.99. The quantitative estimate of drug-likeness (QED) is 0.875. The van der Waals surface area contributed by atoms with Gasteiger partial charge >= 0.3 is 0 Å². The first kappa shape index (κ1) is 15.3. The number of carbonyl (C=O) groups excluding carboxylic acids is 2. The Morgan fingerprint density at radius 1 is 1.35 bits per heavy atom. The summed E-state index contributed by atoms with van der Waals surface area (Å²) in [5.74, 6) is -0.115. The largest absolute Gasteiger partial charge is 0.348 e. The zero-order valence-corrected chi connectivity index (χ0v) is 13.5. The Hall–Kier alpha value is -2.56. The number of rotatable bonds is 4. The summed E-state index contributed by atoms with van der Waals surface area (Å²) >= 11 is 0. The van der Waals surface area contributed by atoms with Crippen LogP contribution in [0.25, 0.3) is 10.9 Å². The molecule has 0 radical (unpaired) electrons. The molecular weight excluding hydrogens is 290 g/mol. The Labute approximate surface area is 135 Å². The highest BCUT2D eigenvalue weighted by Gasteiger charge is 2.30. The van der Waals surface area contributed by atoms with Crippen LogP contribution in [0.2, 0.25) is 0 Å². The molecule has 1 fully saturated rings. The average Bonchev–Trinajstić information content (AvgIpc) is 2.77. The first-order chi connectivity index (χ1) is 11.0. The van der Waals surface area contributed by atoms with E-state index in [0.717, 1.165) is 5.52 Å². The van der Waals surface area contributed by atoms with Gasteiger partial charge in [-0.2, -0.15) is 0 Å². The molecule has 1 N–H and O–H groups in total. The normalized spacial score (nSPS) is 14.6. The summed E-state index contributed by atoms with van der Waals surface area (Å²) in [5.41, 5.74) is 3.45. The van der Waals surface area contributed by atoms with Crippen molar-refractivity contribution in [2.24, 2.45) is 0 Å². The number of amides is 2. The van der Waals surface area contributed by atoms with Gasteiger partial charge in [0.1, 0.15) is 6.54 Å². The SMILES string of the molecule is C=CC(=O)N1CC(NC(=O)Cn2cc(C)c3cc(C)ccc32)C1. The van der Waals surface area contributed by atoms with Gasteiger partial charge in [0.05, 0.1) is 6.04 Å². The fourth-order valence-electron chi connectivity index (χ4n) is 3.03. The molecule has 2 amide bonds. The minimum Gasteiger partial charge on any atom is -0.348 e. The van der Waals surface area contributed by atoms with Crippen LogP contribution in [0.3, 0.4) is 0 Å². The second-order valence-corrected chi connectivity index (χ2v) is 6.17. The van der Waals surface area contributed by atoms with Crippen LogP contribution in [0.4, 0.5) is 0 Å². The Balaban J connectivity index is 1.63. The number of aromatic nitrogens is 1.